The number of hydrogen-bond donors (Lipinski definition) is 0. The van der Waals surface area contributed by atoms with Gasteiger partial charge in [0.05, 0.1) is 16.2 Å². The standard InChI is InChI=1S/C16H14F4N4O2.C14H18BF4NO3.C8H8ClN3O.2CH4/c1-9(16(18,19)20)26-15-12(17)5-11(6-21-15)10-3-4-13-22-23-14(8-25-2)24(13)7-10;1-8(14(17,18)19)21-11-10(16)6-9(7-20-11)15-22-12(2,3)13(4,5)23-15;1-13-5-8-11-10-7-3-2-6(9)4-12(7)8;;/h3-7,9H,8H2,1-2H3;6-8H,1-5H3;2-4H,5H2,1H3;2*1H4/t9-;8-;;;/m11.../s1. The molecule has 6 aromatic heterocycles. The number of hydrogen-bond acceptors (Lipinski definition) is 12. The molecule has 7 heterocycles. The van der Waals surface area contributed by atoms with Crippen LogP contribution < -0.4 is 14.9 Å². The van der Waals surface area contributed by atoms with Crippen molar-refractivity contribution in [3.05, 3.63) is 89.5 Å². The van der Waals surface area contributed by atoms with Crippen molar-refractivity contribution in [3.63, 3.8) is 0 Å². The average molecular weight is 935 g/mol. The fourth-order valence-corrected chi connectivity index (χ4v) is 5.41. The molecule has 64 heavy (non-hydrogen) atoms. The number of fused-ring (bicyclic) bond motifs is 2. The molecule has 0 spiro atoms. The van der Waals surface area contributed by atoms with Gasteiger partial charge in [-0.3, -0.25) is 8.80 Å². The van der Waals surface area contributed by atoms with Crippen molar-refractivity contribution < 1.29 is 63.4 Å². The first-order valence-electron chi connectivity index (χ1n) is 18.4. The van der Waals surface area contributed by atoms with Crippen molar-refractivity contribution in [2.24, 2.45) is 0 Å². The molecule has 0 bridgehead atoms. The smallest absolute Gasteiger partial charge is 0.463 e. The summed E-state index contributed by atoms with van der Waals surface area (Å²) in [5.74, 6) is -2.11. The third-order valence-electron chi connectivity index (χ3n) is 9.45. The summed E-state index contributed by atoms with van der Waals surface area (Å²) in [6.07, 6.45) is -7.67. The molecule has 1 aliphatic rings. The summed E-state index contributed by atoms with van der Waals surface area (Å²) in [6, 6.07) is 9.02. The van der Waals surface area contributed by atoms with E-state index in [1.54, 1.807) is 42.1 Å². The molecule has 24 heteroatoms. The van der Waals surface area contributed by atoms with Gasteiger partial charge in [-0.05, 0) is 77.9 Å². The molecule has 0 N–H and O–H groups in total. The summed E-state index contributed by atoms with van der Waals surface area (Å²) < 4.78 is 137. The van der Waals surface area contributed by atoms with Crippen molar-refractivity contribution >= 4 is 35.5 Å². The predicted octanol–water partition coefficient (Wildman–Crippen LogP) is 9.06. The third-order valence-corrected chi connectivity index (χ3v) is 9.67. The number of aromatic nitrogens is 8. The fourth-order valence-electron chi connectivity index (χ4n) is 5.25. The first-order chi connectivity index (χ1) is 28.9. The van der Waals surface area contributed by atoms with E-state index in [9.17, 15) is 35.1 Å². The third kappa shape index (κ3) is 12.7. The maximum absolute atomic E-state index is 14.1. The Morgan fingerprint density at radius 2 is 1.12 bits per heavy atom. The lowest BCUT2D eigenvalue weighted by molar-refractivity contribution is -0.190. The Labute approximate surface area is 369 Å². The van der Waals surface area contributed by atoms with Crippen LogP contribution in [0.15, 0.2) is 61.2 Å². The summed E-state index contributed by atoms with van der Waals surface area (Å²) in [5, 5.41) is 16.5. The second-order valence-electron chi connectivity index (χ2n) is 14.6. The molecule has 1 fully saturated rings. The van der Waals surface area contributed by atoms with Crippen LogP contribution in [0.5, 0.6) is 11.8 Å². The van der Waals surface area contributed by atoms with E-state index in [1.807, 2.05) is 38.2 Å². The van der Waals surface area contributed by atoms with Crippen LogP contribution in [0.1, 0.15) is 68.0 Å². The van der Waals surface area contributed by atoms with Crippen LogP contribution in [0.4, 0.5) is 35.1 Å². The molecule has 0 unspecified atom stereocenters. The van der Waals surface area contributed by atoms with Crippen LogP contribution in [-0.4, -0.2) is 96.3 Å². The summed E-state index contributed by atoms with van der Waals surface area (Å²) in [7, 11) is 2.28. The van der Waals surface area contributed by atoms with Crippen molar-refractivity contribution in [1.29, 1.82) is 0 Å². The molecule has 0 aliphatic carbocycles. The molecule has 6 aromatic rings. The largest absolute Gasteiger partial charge is 0.496 e. The van der Waals surface area contributed by atoms with E-state index in [1.165, 1.54) is 19.5 Å². The topological polar surface area (TPSA) is 142 Å². The van der Waals surface area contributed by atoms with Gasteiger partial charge in [-0.15, -0.1) is 20.4 Å². The minimum atomic E-state index is -4.61. The van der Waals surface area contributed by atoms with Crippen molar-refractivity contribution in [2.75, 3.05) is 14.2 Å². The minimum Gasteiger partial charge on any atom is -0.463 e. The second-order valence-corrected chi connectivity index (χ2v) is 15.0. The van der Waals surface area contributed by atoms with Crippen LogP contribution in [0.2, 0.25) is 5.02 Å². The van der Waals surface area contributed by atoms with Crippen molar-refractivity contribution in [2.45, 2.75) is 105 Å². The molecule has 2 atom stereocenters. The Kier molecular flexibility index (Phi) is 17.6. The molecule has 0 amide bonds. The van der Waals surface area contributed by atoms with Gasteiger partial charge in [0.25, 0.3) is 11.8 Å². The summed E-state index contributed by atoms with van der Waals surface area (Å²) in [5.41, 5.74) is 1.34. The van der Waals surface area contributed by atoms with Crippen molar-refractivity contribution in [3.8, 4) is 22.9 Å². The number of nitrogens with zero attached hydrogens (tertiary/aromatic N) is 8. The lowest BCUT2D eigenvalue weighted by Gasteiger charge is -2.32. The summed E-state index contributed by atoms with van der Waals surface area (Å²) >= 11 is 5.83. The Bertz CT molecular complexity index is 2460. The zero-order valence-corrected chi connectivity index (χ0v) is 35.1. The number of alkyl halides is 6. The molecular weight excluding hydrogens is 887 g/mol. The molecule has 0 aromatic carbocycles. The van der Waals surface area contributed by atoms with Gasteiger partial charge in [0, 0.05) is 55.6 Å². The zero-order valence-electron chi connectivity index (χ0n) is 34.3. The number of rotatable bonds is 10. The van der Waals surface area contributed by atoms with Gasteiger partial charge in [0.15, 0.2) is 46.8 Å². The van der Waals surface area contributed by atoms with Gasteiger partial charge in [-0.2, -0.15) is 26.3 Å². The quantitative estimate of drug-likeness (QED) is 0.0956. The van der Waals surface area contributed by atoms with Crippen molar-refractivity contribution in [1.82, 2.24) is 39.2 Å². The zero-order chi connectivity index (χ0) is 45.8. The van der Waals surface area contributed by atoms with E-state index in [4.69, 9.17) is 30.4 Å². The van der Waals surface area contributed by atoms with Gasteiger partial charge in [-0.25, -0.2) is 18.7 Å². The Balaban J connectivity index is 0.000000263. The lowest BCUT2D eigenvalue weighted by atomic mass is 9.80. The second kappa shape index (κ2) is 21.2. The monoisotopic (exact) mass is 934 g/mol. The Hall–Kier alpha value is -5.23. The molecular formula is C40H48BClF8N8O6. The summed E-state index contributed by atoms with van der Waals surface area (Å²) in [6.45, 7) is 9.56. The maximum atomic E-state index is 14.1. The van der Waals surface area contributed by atoms with Crippen LogP contribution in [0.25, 0.3) is 22.4 Å². The molecule has 0 saturated carbocycles. The van der Waals surface area contributed by atoms with Crippen LogP contribution >= 0.6 is 11.6 Å². The highest BCUT2D eigenvalue weighted by atomic mass is 35.5. The van der Waals surface area contributed by atoms with Gasteiger partial charge in [0.1, 0.15) is 13.2 Å². The highest BCUT2D eigenvalue weighted by Crippen LogP contribution is 2.37. The molecule has 14 nitrogen and oxygen atoms in total. The number of pyridine rings is 4. The van der Waals surface area contributed by atoms with E-state index >= 15 is 0 Å². The van der Waals surface area contributed by atoms with Crippen LogP contribution in [-0.2, 0) is 32.0 Å². The van der Waals surface area contributed by atoms with E-state index < -0.39 is 66.3 Å². The van der Waals surface area contributed by atoms with E-state index in [-0.39, 0.29) is 26.9 Å². The number of halogens is 9. The molecule has 1 aliphatic heterocycles. The maximum Gasteiger partial charge on any atom is 0.496 e. The molecule has 350 valence electrons. The number of ether oxygens (including phenoxy) is 4. The first-order valence-corrected chi connectivity index (χ1v) is 18.8. The van der Waals surface area contributed by atoms with E-state index in [0.717, 1.165) is 37.5 Å². The number of methoxy groups -OCH3 is 2. The average Bonchev–Trinajstić information content (AvgIpc) is 3.85. The van der Waals surface area contributed by atoms with Gasteiger partial charge in [0.2, 0.25) is 0 Å². The Morgan fingerprint density at radius 1 is 0.672 bits per heavy atom. The fraction of sp³-hybridized carbons (Fsp3) is 0.450. The lowest BCUT2D eigenvalue weighted by Crippen LogP contribution is -2.41. The van der Waals surface area contributed by atoms with E-state index in [0.29, 0.717) is 34.2 Å². The van der Waals surface area contributed by atoms with Crippen LogP contribution in [0, 0.1) is 11.6 Å². The summed E-state index contributed by atoms with van der Waals surface area (Å²) in [4.78, 5) is 7.29. The first kappa shape index (κ1) is 53.1. The molecule has 7 rings (SSSR count). The minimum absolute atomic E-state index is 0. The van der Waals surface area contributed by atoms with Gasteiger partial charge in [-0.1, -0.05) is 26.5 Å². The highest BCUT2D eigenvalue weighted by Gasteiger charge is 2.52. The van der Waals surface area contributed by atoms with Gasteiger partial charge >= 0.3 is 19.5 Å². The normalized spacial score (nSPS) is 15.2. The molecule has 1 saturated heterocycles. The molecule has 0 radical (unpaired) electrons. The predicted molar refractivity (Wildman–Crippen MR) is 221 cm³/mol. The highest BCUT2D eigenvalue weighted by molar-refractivity contribution is 6.62. The van der Waals surface area contributed by atoms with E-state index in [2.05, 4.69) is 39.8 Å². The van der Waals surface area contributed by atoms with Crippen LogP contribution in [0.3, 0.4) is 0 Å². The SMILES string of the molecule is C.C.COCc1nnc2ccc(-c3cnc(O[C@H](C)C(F)(F)F)c(F)c3)cn12.COCc1nnc2ccc(Cl)cn12.C[C@@H](Oc1ncc(B2OC(C)(C)C(C)(C)O2)cc1F)C(F)(F)F. The Morgan fingerprint density at radius 3 is 1.58 bits per heavy atom. The van der Waals surface area contributed by atoms with Gasteiger partial charge < -0.3 is 28.3 Å².